The molecule has 106 valence electrons. The minimum Gasteiger partial charge on any atom is -0.493 e. The summed E-state index contributed by atoms with van der Waals surface area (Å²) < 4.78 is 0. The monoisotopic (exact) mass is 281 g/mol. The van der Waals surface area contributed by atoms with Gasteiger partial charge in [-0.05, 0) is 28.8 Å². The van der Waals surface area contributed by atoms with E-state index in [9.17, 15) is 9.90 Å². The summed E-state index contributed by atoms with van der Waals surface area (Å²) in [6.07, 6.45) is 0.358. The van der Waals surface area contributed by atoms with Crippen molar-refractivity contribution in [1.82, 2.24) is 9.97 Å². The highest BCUT2D eigenvalue weighted by atomic mass is 16.3. The summed E-state index contributed by atoms with van der Waals surface area (Å²) in [4.78, 5) is 16.0. The fourth-order valence-electron chi connectivity index (χ4n) is 2.30. The second-order valence-corrected chi connectivity index (χ2v) is 4.86. The van der Waals surface area contributed by atoms with Crippen molar-refractivity contribution in [2.75, 3.05) is 5.73 Å². The standard InChI is InChI=1S/C16H15N3O2/c17-13-7-6-11(10-4-2-1-3-5-10)8-12(13)9-14-15(20)19-16(21)18-14/h1-8,20H,9,17H2,(H2,18,19,21). The van der Waals surface area contributed by atoms with E-state index < -0.39 is 5.69 Å². The van der Waals surface area contributed by atoms with Gasteiger partial charge in [-0.1, -0.05) is 36.4 Å². The molecule has 0 aliphatic rings. The van der Waals surface area contributed by atoms with Crippen LogP contribution in [0.1, 0.15) is 11.3 Å². The molecule has 21 heavy (non-hydrogen) atoms. The van der Waals surface area contributed by atoms with Gasteiger partial charge in [-0.25, -0.2) is 4.79 Å². The predicted octanol–water partition coefficient (Wildman–Crippen LogP) is 2.25. The van der Waals surface area contributed by atoms with Crippen LogP contribution in [-0.2, 0) is 6.42 Å². The van der Waals surface area contributed by atoms with Crippen molar-refractivity contribution in [2.24, 2.45) is 0 Å². The van der Waals surface area contributed by atoms with E-state index in [1.54, 1.807) is 0 Å². The predicted molar refractivity (Wildman–Crippen MR) is 82.2 cm³/mol. The Bertz CT molecular complexity index is 819. The van der Waals surface area contributed by atoms with Crippen molar-refractivity contribution >= 4 is 5.69 Å². The molecule has 1 heterocycles. The normalized spacial score (nSPS) is 10.7. The molecule has 5 N–H and O–H groups in total. The molecule has 0 unspecified atom stereocenters. The van der Waals surface area contributed by atoms with Crippen LogP contribution in [0.5, 0.6) is 5.88 Å². The molecule has 0 amide bonds. The maximum Gasteiger partial charge on any atom is 0.325 e. The van der Waals surface area contributed by atoms with Gasteiger partial charge in [0.15, 0.2) is 0 Å². The molecule has 5 heteroatoms. The molecule has 5 nitrogen and oxygen atoms in total. The van der Waals surface area contributed by atoms with Crippen molar-refractivity contribution in [3.63, 3.8) is 0 Å². The van der Waals surface area contributed by atoms with Gasteiger partial charge in [0.05, 0.1) is 5.69 Å². The zero-order valence-electron chi connectivity index (χ0n) is 11.3. The first-order chi connectivity index (χ1) is 10.1. The van der Waals surface area contributed by atoms with Crippen molar-refractivity contribution in [3.8, 4) is 17.0 Å². The van der Waals surface area contributed by atoms with Crippen LogP contribution >= 0.6 is 0 Å². The number of nitrogens with two attached hydrogens (primary N) is 1. The number of anilines is 1. The zero-order valence-corrected chi connectivity index (χ0v) is 11.3. The van der Waals surface area contributed by atoms with Gasteiger partial charge in [0.25, 0.3) is 0 Å². The molecule has 0 aliphatic heterocycles. The van der Waals surface area contributed by atoms with E-state index in [-0.39, 0.29) is 5.88 Å². The quantitative estimate of drug-likeness (QED) is 0.554. The van der Waals surface area contributed by atoms with Crippen molar-refractivity contribution in [3.05, 3.63) is 70.3 Å². The second kappa shape index (κ2) is 5.20. The molecule has 0 bridgehead atoms. The molecule has 3 aromatic rings. The Morgan fingerprint density at radius 3 is 2.43 bits per heavy atom. The molecule has 0 radical (unpaired) electrons. The minimum atomic E-state index is -0.430. The summed E-state index contributed by atoms with van der Waals surface area (Å²) in [5, 5.41) is 9.64. The summed E-state index contributed by atoms with van der Waals surface area (Å²) >= 11 is 0. The third kappa shape index (κ3) is 2.67. The summed E-state index contributed by atoms with van der Waals surface area (Å²) in [6, 6.07) is 15.7. The molecular weight excluding hydrogens is 266 g/mol. The lowest BCUT2D eigenvalue weighted by atomic mass is 9.99. The van der Waals surface area contributed by atoms with Crippen LogP contribution in [-0.4, -0.2) is 15.1 Å². The van der Waals surface area contributed by atoms with Gasteiger partial charge in [0.2, 0.25) is 5.88 Å². The first-order valence-corrected chi connectivity index (χ1v) is 6.57. The third-order valence-corrected chi connectivity index (χ3v) is 3.40. The summed E-state index contributed by atoms with van der Waals surface area (Å²) in [7, 11) is 0. The van der Waals surface area contributed by atoms with Crippen LogP contribution < -0.4 is 11.4 Å². The Labute approximate surface area is 121 Å². The molecule has 0 spiro atoms. The average molecular weight is 281 g/mol. The molecule has 0 fully saturated rings. The average Bonchev–Trinajstić information content (AvgIpc) is 2.80. The van der Waals surface area contributed by atoms with E-state index in [0.717, 1.165) is 16.7 Å². The van der Waals surface area contributed by atoms with Crippen LogP contribution in [0, 0.1) is 0 Å². The van der Waals surface area contributed by atoms with Gasteiger partial charge < -0.3 is 15.8 Å². The van der Waals surface area contributed by atoms with Crippen molar-refractivity contribution in [1.29, 1.82) is 0 Å². The Morgan fingerprint density at radius 2 is 1.76 bits per heavy atom. The van der Waals surface area contributed by atoms with Gasteiger partial charge in [-0.2, -0.15) is 0 Å². The fraction of sp³-hybridized carbons (Fsp3) is 0.0625. The maximum atomic E-state index is 11.2. The third-order valence-electron chi connectivity index (χ3n) is 3.40. The highest BCUT2D eigenvalue weighted by molar-refractivity contribution is 5.68. The number of aromatic nitrogens is 2. The number of imidazole rings is 1. The Balaban J connectivity index is 1.99. The van der Waals surface area contributed by atoms with E-state index >= 15 is 0 Å². The first kappa shape index (κ1) is 13.1. The van der Waals surface area contributed by atoms with E-state index in [4.69, 9.17) is 5.73 Å². The number of aromatic hydroxyl groups is 1. The molecule has 0 saturated carbocycles. The summed E-state index contributed by atoms with van der Waals surface area (Å²) in [5.41, 5.74) is 9.58. The number of H-pyrrole nitrogens is 2. The van der Waals surface area contributed by atoms with Crippen LogP contribution in [0.25, 0.3) is 11.1 Å². The molecule has 0 saturated heterocycles. The number of hydrogen-bond acceptors (Lipinski definition) is 3. The smallest absolute Gasteiger partial charge is 0.325 e. The highest BCUT2D eigenvalue weighted by Crippen LogP contribution is 2.26. The van der Waals surface area contributed by atoms with Gasteiger partial charge in [0.1, 0.15) is 0 Å². The molecule has 1 aromatic heterocycles. The number of nitrogen functional groups attached to an aromatic ring is 1. The summed E-state index contributed by atoms with van der Waals surface area (Å²) in [5.74, 6) is -0.149. The number of nitrogens with one attached hydrogen (secondary N) is 2. The van der Waals surface area contributed by atoms with E-state index in [1.807, 2.05) is 48.5 Å². The van der Waals surface area contributed by atoms with Crippen LogP contribution in [0.4, 0.5) is 5.69 Å². The highest BCUT2D eigenvalue weighted by Gasteiger charge is 2.10. The van der Waals surface area contributed by atoms with Crippen LogP contribution in [0.2, 0.25) is 0 Å². The minimum absolute atomic E-state index is 0.149. The van der Waals surface area contributed by atoms with Gasteiger partial charge in [0, 0.05) is 12.1 Å². The zero-order chi connectivity index (χ0) is 14.8. The second-order valence-electron chi connectivity index (χ2n) is 4.86. The van der Waals surface area contributed by atoms with Gasteiger partial charge in [-0.15, -0.1) is 0 Å². The Hall–Kier alpha value is -2.95. The Kier molecular flexibility index (Phi) is 3.23. The number of hydrogen-bond donors (Lipinski definition) is 4. The van der Waals surface area contributed by atoms with Crippen molar-refractivity contribution < 1.29 is 5.11 Å². The lowest BCUT2D eigenvalue weighted by molar-refractivity contribution is 0.450. The fourth-order valence-corrected chi connectivity index (χ4v) is 2.30. The SMILES string of the molecule is Nc1ccc(-c2ccccc2)cc1Cc1[nH]c(=O)[nH]c1O. The number of aromatic amines is 2. The number of rotatable bonds is 3. The number of benzene rings is 2. The molecule has 3 rings (SSSR count). The van der Waals surface area contributed by atoms with Gasteiger partial charge >= 0.3 is 5.69 Å². The van der Waals surface area contributed by atoms with Crippen LogP contribution in [0.3, 0.4) is 0 Å². The molecule has 0 atom stereocenters. The largest absolute Gasteiger partial charge is 0.493 e. The lowest BCUT2D eigenvalue weighted by Gasteiger charge is -2.08. The molecular formula is C16H15N3O2. The van der Waals surface area contributed by atoms with E-state index in [1.165, 1.54) is 0 Å². The van der Waals surface area contributed by atoms with E-state index in [0.29, 0.717) is 17.8 Å². The van der Waals surface area contributed by atoms with E-state index in [2.05, 4.69) is 9.97 Å². The van der Waals surface area contributed by atoms with Crippen molar-refractivity contribution in [2.45, 2.75) is 6.42 Å². The first-order valence-electron chi connectivity index (χ1n) is 6.57. The Morgan fingerprint density at radius 1 is 1.00 bits per heavy atom. The molecule has 0 aliphatic carbocycles. The lowest BCUT2D eigenvalue weighted by Crippen LogP contribution is -2.02. The van der Waals surface area contributed by atoms with Gasteiger partial charge in [-0.3, -0.25) is 4.98 Å². The maximum absolute atomic E-state index is 11.2. The van der Waals surface area contributed by atoms with Crippen LogP contribution in [0.15, 0.2) is 53.3 Å². The topological polar surface area (TPSA) is 94.9 Å². The molecule has 2 aromatic carbocycles. The summed E-state index contributed by atoms with van der Waals surface area (Å²) in [6.45, 7) is 0.